The Morgan fingerprint density at radius 3 is 2.90 bits per heavy atom. The van der Waals surface area contributed by atoms with Gasteiger partial charge in [-0.05, 0) is 25.8 Å². The molecule has 1 aliphatic heterocycles. The van der Waals surface area contributed by atoms with Crippen molar-refractivity contribution in [3.8, 4) is 0 Å². The van der Waals surface area contributed by atoms with Gasteiger partial charge < -0.3 is 10.1 Å². The molecule has 2 nitrogen and oxygen atoms in total. The van der Waals surface area contributed by atoms with Gasteiger partial charge in [0.2, 0.25) is 0 Å². The molecule has 62 valence electrons. The van der Waals surface area contributed by atoms with E-state index < -0.39 is 0 Å². The molecular formula is C7H16ClNO. The van der Waals surface area contributed by atoms with E-state index in [0.29, 0.717) is 6.10 Å². The normalized spacial score (nSPS) is 26.7. The Labute approximate surface area is 68.7 Å². The first kappa shape index (κ1) is 10.2. The molecule has 1 saturated heterocycles. The summed E-state index contributed by atoms with van der Waals surface area (Å²) in [5.41, 5.74) is 0. The van der Waals surface area contributed by atoms with Crippen molar-refractivity contribution in [1.82, 2.24) is 5.32 Å². The van der Waals surface area contributed by atoms with Gasteiger partial charge in [-0.3, -0.25) is 0 Å². The highest BCUT2D eigenvalue weighted by Crippen LogP contribution is 2.05. The lowest BCUT2D eigenvalue weighted by molar-refractivity contribution is 0.0989. The molecule has 0 bridgehead atoms. The second-order valence-corrected chi connectivity index (χ2v) is 2.56. The Kier molecular flexibility index (Phi) is 6.08. The summed E-state index contributed by atoms with van der Waals surface area (Å²) in [6, 6.07) is 0. The van der Waals surface area contributed by atoms with Gasteiger partial charge in [-0.25, -0.2) is 0 Å². The molecule has 3 heteroatoms. The van der Waals surface area contributed by atoms with Crippen molar-refractivity contribution in [1.29, 1.82) is 0 Å². The van der Waals surface area contributed by atoms with Crippen molar-refractivity contribution >= 4 is 12.4 Å². The minimum absolute atomic E-state index is 0. The average Bonchev–Trinajstić information content (AvgIpc) is 2.13. The third-order valence-electron chi connectivity index (χ3n) is 1.83. The van der Waals surface area contributed by atoms with E-state index in [1.54, 1.807) is 7.11 Å². The molecule has 0 spiro atoms. The lowest BCUT2D eigenvalue weighted by Crippen LogP contribution is -2.25. The number of hydrogen-bond acceptors (Lipinski definition) is 2. The van der Waals surface area contributed by atoms with Crippen molar-refractivity contribution in [2.75, 3.05) is 20.2 Å². The van der Waals surface area contributed by atoms with Gasteiger partial charge in [0.25, 0.3) is 0 Å². The summed E-state index contributed by atoms with van der Waals surface area (Å²) >= 11 is 0. The fourth-order valence-corrected chi connectivity index (χ4v) is 1.19. The smallest absolute Gasteiger partial charge is 0.0695 e. The van der Waals surface area contributed by atoms with Crippen LogP contribution in [0.4, 0.5) is 0 Å². The summed E-state index contributed by atoms with van der Waals surface area (Å²) in [7, 11) is 1.79. The van der Waals surface area contributed by atoms with Crippen LogP contribution in [-0.4, -0.2) is 26.3 Å². The maximum atomic E-state index is 5.21. The van der Waals surface area contributed by atoms with E-state index in [9.17, 15) is 0 Å². The quantitative estimate of drug-likeness (QED) is 0.631. The van der Waals surface area contributed by atoms with Crippen molar-refractivity contribution in [3.05, 3.63) is 0 Å². The molecular weight excluding hydrogens is 150 g/mol. The molecule has 0 aromatic heterocycles. The summed E-state index contributed by atoms with van der Waals surface area (Å²) in [6.45, 7) is 2.20. The molecule has 0 saturated carbocycles. The zero-order chi connectivity index (χ0) is 6.53. The maximum absolute atomic E-state index is 5.21. The van der Waals surface area contributed by atoms with Gasteiger partial charge in [0.1, 0.15) is 0 Å². The lowest BCUT2D eigenvalue weighted by atomic mass is 10.2. The van der Waals surface area contributed by atoms with Crippen LogP contribution in [0.15, 0.2) is 0 Å². The molecule has 0 amide bonds. The topological polar surface area (TPSA) is 21.3 Å². The van der Waals surface area contributed by atoms with Gasteiger partial charge in [-0.1, -0.05) is 0 Å². The molecule has 0 aromatic carbocycles. The maximum Gasteiger partial charge on any atom is 0.0695 e. The Hall–Kier alpha value is 0.210. The van der Waals surface area contributed by atoms with Gasteiger partial charge in [0.15, 0.2) is 0 Å². The molecule has 0 aromatic rings. The Balaban J connectivity index is 0.000000810. The first-order valence-corrected chi connectivity index (χ1v) is 3.67. The largest absolute Gasteiger partial charge is 0.380 e. The number of methoxy groups -OCH3 is 1. The van der Waals surface area contributed by atoms with Crippen LogP contribution >= 0.6 is 12.4 Å². The van der Waals surface area contributed by atoms with Crippen LogP contribution < -0.4 is 5.32 Å². The SMILES string of the molecule is COC1CCCCNC1.Cl. The summed E-state index contributed by atoms with van der Waals surface area (Å²) in [4.78, 5) is 0. The second kappa shape index (κ2) is 5.96. The van der Waals surface area contributed by atoms with Gasteiger partial charge in [0.05, 0.1) is 6.10 Å². The van der Waals surface area contributed by atoms with Crippen molar-refractivity contribution in [2.24, 2.45) is 0 Å². The molecule has 1 heterocycles. The molecule has 0 radical (unpaired) electrons. The van der Waals surface area contributed by atoms with Crippen LogP contribution in [-0.2, 0) is 4.74 Å². The van der Waals surface area contributed by atoms with E-state index >= 15 is 0 Å². The van der Waals surface area contributed by atoms with Crippen LogP contribution in [0.25, 0.3) is 0 Å². The predicted molar refractivity (Wildman–Crippen MR) is 44.8 cm³/mol. The molecule has 1 atom stereocenters. The fraction of sp³-hybridized carbons (Fsp3) is 1.00. The van der Waals surface area contributed by atoms with E-state index in [1.807, 2.05) is 0 Å². The Morgan fingerprint density at radius 2 is 2.20 bits per heavy atom. The highest BCUT2D eigenvalue weighted by Gasteiger charge is 2.08. The minimum atomic E-state index is 0. The first-order valence-electron chi connectivity index (χ1n) is 3.67. The van der Waals surface area contributed by atoms with E-state index in [4.69, 9.17) is 4.74 Å². The molecule has 1 aliphatic rings. The molecule has 1 fully saturated rings. The van der Waals surface area contributed by atoms with Crippen molar-refractivity contribution < 1.29 is 4.74 Å². The Bertz CT molecular complexity index is 72.0. The monoisotopic (exact) mass is 165 g/mol. The predicted octanol–water partition coefficient (Wildman–Crippen LogP) is 1.20. The van der Waals surface area contributed by atoms with Crippen LogP contribution in [0, 0.1) is 0 Å². The molecule has 1 unspecified atom stereocenters. The van der Waals surface area contributed by atoms with Gasteiger partial charge in [-0.15, -0.1) is 12.4 Å². The summed E-state index contributed by atoms with van der Waals surface area (Å²) < 4.78 is 5.21. The zero-order valence-corrected chi connectivity index (χ0v) is 7.25. The zero-order valence-electron chi connectivity index (χ0n) is 6.43. The lowest BCUT2D eigenvalue weighted by Gasteiger charge is -2.10. The second-order valence-electron chi connectivity index (χ2n) is 2.56. The number of nitrogens with one attached hydrogen (secondary N) is 1. The summed E-state index contributed by atoms with van der Waals surface area (Å²) in [6.07, 6.45) is 4.31. The molecule has 1 N–H and O–H groups in total. The summed E-state index contributed by atoms with van der Waals surface area (Å²) in [5.74, 6) is 0. The van der Waals surface area contributed by atoms with Crippen molar-refractivity contribution in [2.45, 2.75) is 25.4 Å². The average molecular weight is 166 g/mol. The van der Waals surface area contributed by atoms with Gasteiger partial charge in [0, 0.05) is 13.7 Å². The van der Waals surface area contributed by atoms with Gasteiger partial charge in [-0.2, -0.15) is 0 Å². The fourth-order valence-electron chi connectivity index (χ4n) is 1.19. The van der Waals surface area contributed by atoms with Crippen LogP contribution in [0.2, 0.25) is 0 Å². The van der Waals surface area contributed by atoms with Crippen molar-refractivity contribution in [3.63, 3.8) is 0 Å². The molecule has 10 heavy (non-hydrogen) atoms. The standard InChI is InChI=1S/C7H15NO.ClH/c1-9-7-4-2-3-5-8-6-7;/h7-8H,2-6H2,1H3;1H. The third kappa shape index (κ3) is 3.40. The highest BCUT2D eigenvalue weighted by atomic mass is 35.5. The van der Waals surface area contributed by atoms with Crippen LogP contribution in [0.3, 0.4) is 0 Å². The number of ether oxygens (including phenoxy) is 1. The summed E-state index contributed by atoms with van der Waals surface area (Å²) in [5, 5.41) is 3.32. The third-order valence-corrected chi connectivity index (χ3v) is 1.83. The van der Waals surface area contributed by atoms with E-state index in [2.05, 4.69) is 5.32 Å². The van der Waals surface area contributed by atoms with E-state index in [1.165, 1.54) is 25.8 Å². The number of hydrogen-bond donors (Lipinski definition) is 1. The van der Waals surface area contributed by atoms with E-state index in [-0.39, 0.29) is 12.4 Å². The molecule has 0 aliphatic carbocycles. The van der Waals surface area contributed by atoms with Crippen LogP contribution in [0.5, 0.6) is 0 Å². The van der Waals surface area contributed by atoms with E-state index in [0.717, 1.165) is 6.54 Å². The highest BCUT2D eigenvalue weighted by molar-refractivity contribution is 5.85. The number of rotatable bonds is 1. The first-order chi connectivity index (χ1) is 4.43. The number of halogens is 1. The minimum Gasteiger partial charge on any atom is -0.380 e. The van der Waals surface area contributed by atoms with Crippen LogP contribution in [0.1, 0.15) is 19.3 Å². The molecule has 1 rings (SSSR count). The Morgan fingerprint density at radius 1 is 1.40 bits per heavy atom. The van der Waals surface area contributed by atoms with Gasteiger partial charge >= 0.3 is 0 Å².